The van der Waals surface area contributed by atoms with Crippen molar-refractivity contribution in [2.75, 3.05) is 38.2 Å². The summed E-state index contributed by atoms with van der Waals surface area (Å²) in [6.45, 7) is 1.35. The van der Waals surface area contributed by atoms with Gasteiger partial charge in [0, 0.05) is 35.4 Å². The minimum absolute atomic E-state index is 0.0428. The highest BCUT2D eigenvalue weighted by Crippen LogP contribution is 2.40. The van der Waals surface area contributed by atoms with E-state index >= 15 is 0 Å². The van der Waals surface area contributed by atoms with Gasteiger partial charge in [-0.1, -0.05) is 24.3 Å². The van der Waals surface area contributed by atoms with Gasteiger partial charge < -0.3 is 24.8 Å². The monoisotopic (exact) mass is 459 g/mol. The Hall–Kier alpha value is -4.04. The Balaban J connectivity index is 1.35. The molecule has 5 rings (SSSR count). The maximum atomic E-state index is 13.4. The van der Waals surface area contributed by atoms with E-state index in [1.54, 1.807) is 29.0 Å². The number of aromatic nitrogens is 1. The fraction of sp³-hybridized carbons (Fsp3) is 0.231. The number of aliphatic carboxylic acids is 1. The number of amides is 1. The maximum absolute atomic E-state index is 13.4. The van der Waals surface area contributed by atoms with Crippen molar-refractivity contribution in [2.45, 2.75) is 6.42 Å². The number of hydrogen-bond acceptors (Lipinski definition) is 5. The van der Waals surface area contributed by atoms with Gasteiger partial charge in [-0.15, -0.1) is 0 Å². The highest BCUT2D eigenvalue weighted by Gasteiger charge is 2.29. The number of carbonyl (C=O) groups excluding carboxylic acids is 1. The average Bonchev–Trinajstić information content (AvgIpc) is 3.42. The van der Waals surface area contributed by atoms with Crippen molar-refractivity contribution in [3.63, 3.8) is 0 Å². The number of likely N-dealkylation sites (N-methyl/N-ethyl adjacent to an activating group) is 1. The predicted octanol–water partition coefficient (Wildman–Crippen LogP) is 3.62. The summed E-state index contributed by atoms with van der Waals surface area (Å²) in [7, 11) is 1.73. The van der Waals surface area contributed by atoms with Crippen molar-refractivity contribution < 1.29 is 24.5 Å². The Morgan fingerprint density at radius 2 is 1.91 bits per heavy atom. The van der Waals surface area contributed by atoms with E-state index in [4.69, 9.17) is 9.84 Å². The molecule has 0 fully saturated rings. The molecule has 0 spiro atoms. The number of phenolic OH excluding ortho intramolecular Hbond substituents is 1. The number of H-pyrrole nitrogens is 1. The molecule has 1 aliphatic heterocycles. The van der Waals surface area contributed by atoms with Gasteiger partial charge in [-0.3, -0.25) is 14.5 Å². The highest BCUT2D eigenvalue weighted by atomic mass is 16.5. The predicted molar refractivity (Wildman–Crippen MR) is 130 cm³/mol. The number of rotatable bonds is 7. The molecule has 4 aromatic rings. The standard InChI is InChI=1S/C26H25N3O5/c1-28(15-25(31)32)10-11-34-17-6-7-21-16(12-17)13-22(27-21)26(33)29-9-8-19-18-4-2-3-5-20(18)24(30)14-23(19)29/h2-7,12-14,27,30H,8-11,15H2,1H3,(H,31,32). The summed E-state index contributed by atoms with van der Waals surface area (Å²) in [5.41, 5.74) is 3.10. The maximum Gasteiger partial charge on any atom is 0.317 e. The molecule has 0 radical (unpaired) electrons. The van der Waals surface area contributed by atoms with E-state index in [1.807, 2.05) is 42.5 Å². The van der Waals surface area contributed by atoms with Crippen molar-refractivity contribution in [1.29, 1.82) is 0 Å². The molecule has 0 saturated heterocycles. The van der Waals surface area contributed by atoms with Crippen molar-refractivity contribution in [3.05, 3.63) is 65.9 Å². The fourth-order valence-electron chi connectivity index (χ4n) is 4.55. The zero-order chi connectivity index (χ0) is 23.8. The molecule has 0 unspecified atom stereocenters. The van der Waals surface area contributed by atoms with Crippen molar-refractivity contribution >= 4 is 39.2 Å². The topological polar surface area (TPSA) is 106 Å². The van der Waals surface area contributed by atoms with Crippen LogP contribution in [-0.2, 0) is 11.2 Å². The number of anilines is 1. The molecular formula is C26H25N3O5. The number of hydrogen-bond donors (Lipinski definition) is 3. The molecule has 3 aromatic carbocycles. The largest absolute Gasteiger partial charge is 0.507 e. The lowest BCUT2D eigenvalue weighted by molar-refractivity contribution is -0.138. The molecule has 1 aliphatic rings. The van der Waals surface area contributed by atoms with Crippen molar-refractivity contribution in [2.24, 2.45) is 0 Å². The molecule has 34 heavy (non-hydrogen) atoms. The smallest absolute Gasteiger partial charge is 0.317 e. The van der Waals surface area contributed by atoms with Crippen LogP contribution >= 0.6 is 0 Å². The van der Waals surface area contributed by atoms with E-state index < -0.39 is 5.97 Å². The van der Waals surface area contributed by atoms with E-state index in [-0.39, 0.29) is 18.2 Å². The molecule has 0 aliphatic carbocycles. The molecule has 1 amide bonds. The number of aromatic amines is 1. The van der Waals surface area contributed by atoms with Gasteiger partial charge in [0.2, 0.25) is 0 Å². The molecular weight excluding hydrogens is 434 g/mol. The summed E-state index contributed by atoms with van der Waals surface area (Å²) >= 11 is 0. The van der Waals surface area contributed by atoms with Gasteiger partial charge in [0.25, 0.3) is 5.91 Å². The summed E-state index contributed by atoms with van der Waals surface area (Å²) in [6, 6.07) is 16.7. The van der Waals surface area contributed by atoms with E-state index in [1.165, 1.54) is 0 Å². The van der Waals surface area contributed by atoms with Crippen LogP contribution < -0.4 is 9.64 Å². The Bertz CT molecular complexity index is 1410. The van der Waals surface area contributed by atoms with E-state index in [0.29, 0.717) is 31.1 Å². The zero-order valence-electron chi connectivity index (χ0n) is 18.7. The van der Waals surface area contributed by atoms with Crippen molar-refractivity contribution in [1.82, 2.24) is 9.88 Å². The first-order valence-corrected chi connectivity index (χ1v) is 11.1. The minimum Gasteiger partial charge on any atom is -0.507 e. The number of phenols is 1. The van der Waals surface area contributed by atoms with E-state index in [2.05, 4.69) is 4.98 Å². The third kappa shape index (κ3) is 4.04. The normalized spacial score (nSPS) is 13.1. The molecule has 174 valence electrons. The SMILES string of the molecule is CN(CCOc1ccc2[nH]c(C(=O)N3CCc4c3cc(O)c3ccccc43)cc2c1)CC(=O)O. The number of benzene rings is 3. The summed E-state index contributed by atoms with van der Waals surface area (Å²) < 4.78 is 5.76. The molecule has 1 aromatic heterocycles. The van der Waals surface area contributed by atoms with Crippen LogP contribution in [0.2, 0.25) is 0 Å². The van der Waals surface area contributed by atoms with Gasteiger partial charge in [-0.05, 0) is 48.7 Å². The summed E-state index contributed by atoms with van der Waals surface area (Å²) in [4.78, 5) is 30.7. The van der Waals surface area contributed by atoms with Crippen LogP contribution in [0.1, 0.15) is 16.1 Å². The van der Waals surface area contributed by atoms with Gasteiger partial charge in [-0.2, -0.15) is 0 Å². The second-order valence-corrected chi connectivity index (χ2v) is 8.56. The number of ether oxygens (including phenoxy) is 1. The molecule has 8 heteroatoms. The molecule has 0 saturated carbocycles. The first kappa shape index (κ1) is 21.8. The van der Waals surface area contributed by atoms with Gasteiger partial charge >= 0.3 is 5.97 Å². The molecule has 2 heterocycles. The number of carboxylic acids is 1. The summed E-state index contributed by atoms with van der Waals surface area (Å²) in [5.74, 6) is -0.210. The Labute approximate surface area is 196 Å². The summed E-state index contributed by atoms with van der Waals surface area (Å²) in [6.07, 6.45) is 0.733. The second-order valence-electron chi connectivity index (χ2n) is 8.56. The van der Waals surface area contributed by atoms with Crippen LogP contribution in [-0.4, -0.2) is 65.3 Å². The lowest BCUT2D eigenvalue weighted by Gasteiger charge is -2.17. The number of nitrogens with one attached hydrogen (secondary N) is 1. The van der Waals surface area contributed by atoms with E-state index in [9.17, 15) is 14.7 Å². The van der Waals surface area contributed by atoms with Crippen LogP contribution in [0.5, 0.6) is 11.5 Å². The minimum atomic E-state index is -0.877. The number of fused-ring (bicyclic) bond motifs is 4. The van der Waals surface area contributed by atoms with Crippen LogP contribution in [0.25, 0.3) is 21.7 Å². The van der Waals surface area contributed by atoms with Gasteiger partial charge in [0.1, 0.15) is 23.8 Å². The van der Waals surface area contributed by atoms with Gasteiger partial charge in [-0.25, -0.2) is 0 Å². The van der Waals surface area contributed by atoms with Crippen molar-refractivity contribution in [3.8, 4) is 11.5 Å². The Morgan fingerprint density at radius 3 is 2.71 bits per heavy atom. The lowest BCUT2D eigenvalue weighted by atomic mass is 10.0. The zero-order valence-corrected chi connectivity index (χ0v) is 18.7. The van der Waals surface area contributed by atoms with Crippen LogP contribution in [0, 0.1) is 0 Å². The third-order valence-electron chi connectivity index (χ3n) is 6.20. The number of nitrogens with zero attached hydrogens (tertiary/aromatic N) is 2. The van der Waals surface area contributed by atoms with Crippen LogP contribution in [0.15, 0.2) is 54.6 Å². The average molecular weight is 460 g/mol. The van der Waals surface area contributed by atoms with Crippen LogP contribution in [0.4, 0.5) is 5.69 Å². The lowest BCUT2D eigenvalue weighted by Crippen LogP contribution is -2.29. The number of carboxylic acid groups (broad SMARTS) is 1. The van der Waals surface area contributed by atoms with Gasteiger partial charge in [0.05, 0.1) is 12.2 Å². The first-order chi connectivity index (χ1) is 16.4. The number of aromatic hydroxyl groups is 1. The summed E-state index contributed by atoms with van der Waals surface area (Å²) in [5, 5.41) is 22.0. The molecule has 3 N–H and O–H groups in total. The third-order valence-corrected chi connectivity index (χ3v) is 6.20. The molecule has 8 nitrogen and oxygen atoms in total. The van der Waals surface area contributed by atoms with E-state index in [0.717, 1.165) is 39.3 Å². The fourth-order valence-corrected chi connectivity index (χ4v) is 4.55. The van der Waals surface area contributed by atoms with Crippen LogP contribution in [0.3, 0.4) is 0 Å². The molecule has 0 atom stereocenters. The quantitative estimate of drug-likeness (QED) is 0.390. The Kier molecular flexibility index (Phi) is 5.59. The first-order valence-electron chi connectivity index (χ1n) is 11.1. The van der Waals surface area contributed by atoms with Gasteiger partial charge in [0.15, 0.2) is 0 Å². The highest BCUT2D eigenvalue weighted by molar-refractivity contribution is 6.10. The Morgan fingerprint density at radius 1 is 1.12 bits per heavy atom. The number of carbonyl (C=O) groups is 2. The second kappa shape index (κ2) is 8.72. The molecule has 0 bridgehead atoms.